The second-order valence-electron chi connectivity index (χ2n) is 7.03. The molecule has 20 heavy (non-hydrogen) atoms. The summed E-state index contributed by atoms with van der Waals surface area (Å²) in [4.78, 5) is 4.42. The first-order chi connectivity index (χ1) is 9.45. The van der Waals surface area contributed by atoms with Crippen LogP contribution in [0.4, 0.5) is 0 Å². The van der Waals surface area contributed by atoms with Crippen LogP contribution in [0.2, 0.25) is 0 Å². The van der Waals surface area contributed by atoms with Gasteiger partial charge in [0.05, 0.1) is 0 Å². The second-order valence-corrected chi connectivity index (χ2v) is 7.03. The lowest BCUT2D eigenvalue weighted by atomic mass is 9.65. The largest absolute Gasteiger partial charge is 0.271 e. The van der Waals surface area contributed by atoms with Gasteiger partial charge in [0.25, 0.3) is 0 Å². The zero-order chi connectivity index (χ0) is 14.8. The molecule has 0 amide bonds. The summed E-state index contributed by atoms with van der Waals surface area (Å²) in [6.07, 6.45) is 7.67. The predicted molar refractivity (Wildman–Crippen MR) is 81.0 cm³/mol. The molecule has 1 aliphatic rings. The van der Waals surface area contributed by atoms with E-state index in [4.69, 9.17) is 5.84 Å². The molecule has 1 aliphatic carbocycles. The normalized spacial score (nSPS) is 24.0. The molecule has 0 aliphatic heterocycles. The maximum atomic E-state index is 5.86. The predicted octanol–water partition coefficient (Wildman–Crippen LogP) is 2.45. The molecule has 1 aromatic heterocycles. The summed E-state index contributed by atoms with van der Waals surface area (Å²) in [6, 6.07) is 0.609. The van der Waals surface area contributed by atoms with Gasteiger partial charge < -0.3 is 0 Å². The van der Waals surface area contributed by atoms with Gasteiger partial charge in [-0.1, -0.05) is 26.7 Å². The van der Waals surface area contributed by atoms with Crippen molar-refractivity contribution in [2.75, 3.05) is 0 Å². The van der Waals surface area contributed by atoms with Gasteiger partial charge in [0.2, 0.25) is 0 Å². The van der Waals surface area contributed by atoms with E-state index in [-0.39, 0.29) is 6.04 Å². The van der Waals surface area contributed by atoms with Crippen LogP contribution in [0.3, 0.4) is 0 Å². The minimum Gasteiger partial charge on any atom is -0.271 e. The Bertz CT molecular complexity index is 424. The molecule has 5 heteroatoms. The first-order valence-corrected chi connectivity index (χ1v) is 7.80. The number of nitrogens with one attached hydrogen (secondary N) is 1. The lowest BCUT2D eigenvalue weighted by Crippen LogP contribution is -2.49. The van der Waals surface area contributed by atoms with E-state index in [9.17, 15) is 0 Å². The van der Waals surface area contributed by atoms with Gasteiger partial charge in [-0.15, -0.1) is 0 Å². The average molecular weight is 279 g/mol. The fourth-order valence-electron chi connectivity index (χ4n) is 3.63. The summed E-state index contributed by atoms with van der Waals surface area (Å²) in [7, 11) is 0. The van der Waals surface area contributed by atoms with Crippen molar-refractivity contribution in [2.24, 2.45) is 17.2 Å². The Balaban J connectivity index is 2.14. The SMILES string of the molecule is CC(C)n1ncnc1CC(NN)C1CCCCC1(C)C. The monoisotopic (exact) mass is 279 g/mol. The highest BCUT2D eigenvalue weighted by atomic mass is 15.3. The molecule has 0 spiro atoms. The first kappa shape index (κ1) is 15.4. The van der Waals surface area contributed by atoms with Crippen LogP contribution >= 0.6 is 0 Å². The maximum absolute atomic E-state index is 5.86. The van der Waals surface area contributed by atoms with E-state index in [0.717, 1.165) is 12.2 Å². The molecular formula is C15H29N5. The van der Waals surface area contributed by atoms with E-state index in [1.54, 1.807) is 6.33 Å². The summed E-state index contributed by atoms with van der Waals surface area (Å²) < 4.78 is 2.00. The van der Waals surface area contributed by atoms with E-state index in [1.165, 1.54) is 25.7 Å². The summed E-state index contributed by atoms with van der Waals surface area (Å²) in [6.45, 7) is 9.00. The number of hydrogen-bond acceptors (Lipinski definition) is 4. The van der Waals surface area contributed by atoms with Gasteiger partial charge in [0.15, 0.2) is 0 Å². The van der Waals surface area contributed by atoms with Crippen LogP contribution in [-0.4, -0.2) is 20.8 Å². The minimum atomic E-state index is 0.270. The standard InChI is InChI=1S/C15H29N5/c1-11(2)20-14(17-10-18-20)9-13(19-16)12-7-5-6-8-15(12,3)4/h10-13,19H,5-9,16H2,1-4H3. The smallest absolute Gasteiger partial charge is 0.138 e. The Labute approximate surface area is 122 Å². The van der Waals surface area contributed by atoms with Crippen molar-refractivity contribution < 1.29 is 0 Å². The van der Waals surface area contributed by atoms with Crippen molar-refractivity contribution in [2.45, 2.75) is 71.9 Å². The number of aromatic nitrogens is 3. The van der Waals surface area contributed by atoms with Crippen LogP contribution in [0.5, 0.6) is 0 Å². The summed E-state index contributed by atoms with van der Waals surface area (Å²) in [5, 5.41) is 4.32. The summed E-state index contributed by atoms with van der Waals surface area (Å²) in [5.41, 5.74) is 3.40. The Morgan fingerprint density at radius 2 is 2.20 bits per heavy atom. The highest BCUT2D eigenvalue weighted by Crippen LogP contribution is 2.42. The molecule has 0 saturated heterocycles. The lowest BCUT2D eigenvalue weighted by Gasteiger charge is -2.43. The number of rotatable bonds is 5. The third-order valence-electron chi connectivity index (χ3n) is 4.83. The molecule has 2 atom stereocenters. The van der Waals surface area contributed by atoms with Crippen LogP contribution < -0.4 is 11.3 Å². The average Bonchev–Trinajstić information content (AvgIpc) is 2.84. The number of hydrazine groups is 1. The molecule has 3 N–H and O–H groups in total. The van der Waals surface area contributed by atoms with Crippen molar-refractivity contribution >= 4 is 0 Å². The van der Waals surface area contributed by atoms with Gasteiger partial charge in [-0.25, -0.2) is 9.67 Å². The minimum absolute atomic E-state index is 0.270. The molecule has 1 fully saturated rings. The van der Waals surface area contributed by atoms with Crippen LogP contribution in [0.25, 0.3) is 0 Å². The molecule has 5 nitrogen and oxygen atoms in total. The fraction of sp³-hybridized carbons (Fsp3) is 0.867. The molecule has 0 aromatic carbocycles. The zero-order valence-electron chi connectivity index (χ0n) is 13.3. The maximum Gasteiger partial charge on any atom is 0.138 e. The molecule has 1 heterocycles. The van der Waals surface area contributed by atoms with E-state index < -0.39 is 0 Å². The van der Waals surface area contributed by atoms with E-state index in [1.807, 2.05) is 4.68 Å². The van der Waals surface area contributed by atoms with Gasteiger partial charge in [0.1, 0.15) is 12.2 Å². The van der Waals surface area contributed by atoms with Crippen LogP contribution in [-0.2, 0) is 6.42 Å². The molecule has 1 aromatic rings. The molecule has 2 rings (SSSR count). The van der Waals surface area contributed by atoms with E-state index >= 15 is 0 Å². The summed E-state index contributed by atoms with van der Waals surface area (Å²) in [5.74, 6) is 7.49. The molecule has 1 saturated carbocycles. The van der Waals surface area contributed by atoms with Crippen LogP contribution in [0, 0.1) is 11.3 Å². The highest BCUT2D eigenvalue weighted by molar-refractivity contribution is 4.97. The summed E-state index contributed by atoms with van der Waals surface area (Å²) >= 11 is 0. The number of nitrogens with two attached hydrogens (primary N) is 1. The quantitative estimate of drug-likeness (QED) is 0.641. The second kappa shape index (κ2) is 6.22. The van der Waals surface area contributed by atoms with E-state index in [0.29, 0.717) is 17.4 Å². The zero-order valence-corrected chi connectivity index (χ0v) is 13.3. The van der Waals surface area contributed by atoms with Gasteiger partial charge in [-0.3, -0.25) is 11.3 Å². The van der Waals surface area contributed by atoms with Crippen LogP contribution in [0.15, 0.2) is 6.33 Å². The third-order valence-corrected chi connectivity index (χ3v) is 4.83. The Morgan fingerprint density at radius 1 is 1.45 bits per heavy atom. The Kier molecular flexibility index (Phi) is 4.81. The Morgan fingerprint density at radius 3 is 2.80 bits per heavy atom. The van der Waals surface area contributed by atoms with Crippen molar-refractivity contribution in [1.29, 1.82) is 0 Å². The lowest BCUT2D eigenvalue weighted by molar-refractivity contribution is 0.0968. The Hall–Kier alpha value is -0.940. The fourth-order valence-corrected chi connectivity index (χ4v) is 3.63. The first-order valence-electron chi connectivity index (χ1n) is 7.80. The van der Waals surface area contributed by atoms with Gasteiger partial charge in [-0.05, 0) is 38.0 Å². The van der Waals surface area contributed by atoms with Crippen LogP contribution in [0.1, 0.15) is 65.2 Å². The number of hydrogen-bond donors (Lipinski definition) is 2. The molecular weight excluding hydrogens is 250 g/mol. The molecule has 0 bridgehead atoms. The van der Waals surface area contributed by atoms with Gasteiger partial charge in [0, 0.05) is 18.5 Å². The molecule has 2 unspecified atom stereocenters. The molecule has 0 radical (unpaired) electrons. The van der Waals surface area contributed by atoms with Gasteiger partial charge in [-0.2, -0.15) is 5.10 Å². The van der Waals surface area contributed by atoms with Crippen molar-refractivity contribution in [3.63, 3.8) is 0 Å². The van der Waals surface area contributed by atoms with E-state index in [2.05, 4.69) is 43.2 Å². The van der Waals surface area contributed by atoms with Crippen molar-refractivity contribution in [3.05, 3.63) is 12.2 Å². The molecule has 114 valence electrons. The number of nitrogens with zero attached hydrogens (tertiary/aromatic N) is 3. The van der Waals surface area contributed by atoms with Gasteiger partial charge >= 0.3 is 0 Å². The van der Waals surface area contributed by atoms with Crippen molar-refractivity contribution in [1.82, 2.24) is 20.2 Å². The third kappa shape index (κ3) is 3.20. The highest BCUT2D eigenvalue weighted by Gasteiger charge is 2.37. The van der Waals surface area contributed by atoms with Crippen molar-refractivity contribution in [3.8, 4) is 0 Å². The topological polar surface area (TPSA) is 68.8 Å².